The average molecular weight is 352 g/mol. The lowest BCUT2D eigenvalue weighted by Crippen LogP contribution is -2.03. The summed E-state index contributed by atoms with van der Waals surface area (Å²) in [5, 5.41) is 36.5. The molecule has 0 spiro atoms. The lowest BCUT2D eigenvalue weighted by molar-refractivity contribution is -0.137. The molecule has 0 bridgehead atoms. The quantitative estimate of drug-likeness (QED) is 0.206. The summed E-state index contributed by atoms with van der Waals surface area (Å²) in [7, 11) is 0. The second-order valence-electron chi connectivity index (χ2n) is 5.86. The molecular weight excluding hydrogens is 320 g/mol. The van der Waals surface area contributed by atoms with E-state index >= 15 is 0 Å². The van der Waals surface area contributed by atoms with Crippen LogP contribution in [0, 0.1) is 0 Å². The van der Waals surface area contributed by atoms with E-state index in [4.69, 9.17) is 10.2 Å². The summed E-state index contributed by atoms with van der Waals surface area (Å²) in [6, 6.07) is 0. The van der Waals surface area contributed by atoms with E-state index in [1.807, 2.05) is 6.08 Å². The first-order valence-electron chi connectivity index (χ1n) is 8.91. The summed E-state index contributed by atoms with van der Waals surface area (Å²) < 4.78 is 0. The minimum absolute atomic E-state index is 0.0679. The molecule has 5 nitrogen and oxygen atoms in total. The van der Waals surface area contributed by atoms with Crippen molar-refractivity contribution in [3.05, 3.63) is 48.6 Å². The molecule has 0 fully saturated rings. The monoisotopic (exact) mass is 352 g/mol. The van der Waals surface area contributed by atoms with Gasteiger partial charge in [0.15, 0.2) is 0 Å². The van der Waals surface area contributed by atoms with E-state index in [0.29, 0.717) is 19.3 Å². The lowest BCUT2D eigenvalue weighted by Gasteiger charge is -2.02. The maximum Gasteiger partial charge on any atom is 0.303 e. The van der Waals surface area contributed by atoms with Gasteiger partial charge in [0.25, 0.3) is 0 Å². The van der Waals surface area contributed by atoms with Crippen molar-refractivity contribution >= 4 is 5.97 Å². The van der Waals surface area contributed by atoms with Gasteiger partial charge in [-0.05, 0) is 38.5 Å². The molecule has 0 saturated carbocycles. The Bertz CT molecular complexity index is 437. The van der Waals surface area contributed by atoms with Crippen LogP contribution >= 0.6 is 0 Å². The van der Waals surface area contributed by atoms with Crippen molar-refractivity contribution < 1.29 is 25.2 Å². The summed E-state index contributed by atoms with van der Waals surface area (Å²) >= 11 is 0. The number of rotatable bonds is 15. The third-order valence-electron chi connectivity index (χ3n) is 3.46. The van der Waals surface area contributed by atoms with E-state index in [9.17, 15) is 15.0 Å². The van der Waals surface area contributed by atoms with Gasteiger partial charge in [-0.25, -0.2) is 0 Å². The number of carboxylic acids is 1. The molecule has 0 unspecified atom stereocenters. The molecule has 25 heavy (non-hydrogen) atoms. The molecule has 0 radical (unpaired) electrons. The van der Waals surface area contributed by atoms with Gasteiger partial charge in [-0.2, -0.15) is 0 Å². The normalized spacial score (nSPS) is 15.0. The van der Waals surface area contributed by atoms with E-state index in [2.05, 4.69) is 6.08 Å². The summed E-state index contributed by atoms with van der Waals surface area (Å²) in [5.74, 6) is -0.851. The highest BCUT2D eigenvalue weighted by Gasteiger charge is 2.01. The molecule has 0 aromatic heterocycles. The number of aliphatic carboxylic acids is 1. The van der Waals surface area contributed by atoms with Crippen LogP contribution in [0.4, 0.5) is 0 Å². The van der Waals surface area contributed by atoms with Crippen molar-refractivity contribution in [1.82, 2.24) is 0 Å². The Kier molecular flexibility index (Phi) is 16.0. The van der Waals surface area contributed by atoms with Crippen molar-refractivity contribution in [1.29, 1.82) is 0 Å². The van der Waals surface area contributed by atoms with Crippen molar-refractivity contribution in [2.75, 3.05) is 6.61 Å². The molecule has 0 aliphatic rings. The molecule has 0 heterocycles. The van der Waals surface area contributed by atoms with Crippen LogP contribution in [-0.4, -0.2) is 45.2 Å². The molecule has 0 amide bonds. The number of aliphatic hydroxyl groups excluding tert-OH is 3. The van der Waals surface area contributed by atoms with Gasteiger partial charge in [0, 0.05) is 13.0 Å². The fourth-order valence-electron chi connectivity index (χ4n) is 2.05. The van der Waals surface area contributed by atoms with Gasteiger partial charge in [0.1, 0.15) is 0 Å². The Morgan fingerprint density at radius 2 is 1.52 bits per heavy atom. The first-order chi connectivity index (χ1) is 12.1. The second-order valence-corrected chi connectivity index (χ2v) is 5.86. The summed E-state index contributed by atoms with van der Waals surface area (Å²) in [5.41, 5.74) is 0. The zero-order chi connectivity index (χ0) is 18.8. The Balaban J connectivity index is 3.79. The van der Waals surface area contributed by atoms with E-state index in [0.717, 1.165) is 25.7 Å². The number of hydrogen-bond donors (Lipinski definition) is 4. The van der Waals surface area contributed by atoms with E-state index in [1.165, 1.54) is 0 Å². The minimum atomic E-state index is -0.851. The van der Waals surface area contributed by atoms with Crippen LogP contribution in [-0.2, 0) is 4.79 Å². The van der Waals surface area contributed by atoms with Gasteiger partial charge < -0.3 is 20.4 Å². The molecule has 0 aromatic rings. The highest BCUT2D eigenvalue weighted by molar-refractivity contribution is 5.66. The van der Waals surface area contributed by atoms with E-state index in [-0.39, 0.29) is 13.0 Å². The molecule has 4 N–H and O–H groups in total. The first kappa shape index (κ1) is 23.3. The first-order valence-corrected chi connectivity index (χ1v) is 8.91. The third-order valence-corrected chi connectivity index (χ3v) is 3.46. The predicted molar refractivity (Wildman–Crippen MR) is 100 cm³/mol. The molecule has 0 rings (SSSR count). The maximum absolute atomic E-state index is 10.4. The van der Waals surface area contributed by atoms with Crippen LogP contribution in [0.3, 0.4) is 0 Å². The molecule has 0 aliphatic carbocycles. The molecular formula is C20H32O5. The van der Waals surface area contributed by atoms with Gasteiger partial charge in [-0.15, -0.1) is 0 Å². The van der Waals surface area contributed by atoms with E-state index in [1.54, 1.807) is 36.5 Å². The topological polar surface area (TPSA) is 98.0 Å². The standard InChI is InChI=1S/C20H32O5/c21-17-10-6-2-1-3-7-12-18(22)13-8-4-5-9-14-19(23)15-11-16-20(24)25/h3-5,7-9,13-14,18-19,21-23H,1-2,6,10-12,15-17H2,(H,24,25)/b5-4+,7-3+,13-8-,14-9+/t18-,19-/m1/s1. The number of aliphatic hydroxyl groups is 3. The maximum atomic E-state index is 10.4. The Hall–Kier alpha value is -1.69. The van der Waals surface area contributed by atoms with Crippen LogP contribution in [0.2, 0.25) is 0 Å². The highest BCUT2D eigenvalue weighted by atomic mass is 16.4. The SMILES string of the molecule is O=C(O)CCC[C@H](O)/C=C/C=C/C=C\[C@H](O)C/C=C/CCCCCO. The van der Waals surface area contributed by atoms with Crippen LogP contribution in [0.5, 0.6) is 0 Å². The molecule has 0 saturated heterocycles. The van der Waals surface area contributed by atoms with Crippen molar-refractivity contribution in [2.45, 2.75) is 63.6 Å². The molecule has 0 aromatic carbocycles. The Morgan fingerprint density at radius 3 is 2.16 bits per heavy atom. The lowest BCUT2D eigenvalue weighted by atomic mass is 10.1. The van der Waals surface area contributed by atoms with Crippen molar-refractivity contribution in [3.63, 3.8) is 0 Å². The zero-order valence-electron chi connectivity index (χ0n) is 14.8. The smallest absolute Gasteiger partial charge is 0.303 e. The summed E-state index contributed by atoms with van der Waals surface area (Å²) in [6.07, 6.45) is 18.5. The average Bonchev–Trinajstić information content (AvgIpc) is 2.56. The largest absolute Gasteiger partial charge is 0.481 e. The molecule has 5 heteroatoms. The van der Waals surface area contributed by atoms with E-state index < -0.39 is 18.2 Å². The zero-order valence-corrected chi connectivity index (χ0v) is 14.8. The Labute approximate surface area is 150 Å². The van der Waals surface area contributed by atoms with Gasteiger partial charge in [0.2, 0.25) is 0 Å². The molecule has 2 atom stereocenters. The van der Waals surface area contributed by atoms with Crippen LogP contribution < -0.4 is 0 Å². The fourth-order valence-corrected chi connectivity index (χ4v) is 2.05. The third kappa shape index (κ3) is 18.5. The van der Waals surface area contributed by atoms with Crippen LogP contribution in [0.15, 0.2) is 48.6 Å². The fraction of sp³-hybridized carbons (Fsp3) is 0.550. The number of carboxylic acid groups (broad SMARTS) is 1. The van der Waals surface area contributed by atoms with Gasteiger partial charge in [-0.3, -0.25) is 4.79 Å². The summed E-state index contributed by atoms with van der Waals surface area (Å²) in [6.45, 7) is 0.250. The number of unbranched alkanes of at least 4 members (excludes halogenated alkanes) is 3. The minimum Gasteiger partial charge on any atom is -0.481 e. The highest BCUT2D eigenvalue weighted by Crippen LogP contribution is 2.03. The van der Waals surface area contributed by atoms with Crippen molar-refractivity contribution in [3.8, 4) is 0 Å². The van der Waals surface area contributed by atoms with Crippen LogP contribution in [0.1, 0.15) is 51.4 Å². The van der Waals surface area contributed by atoms with Gasteiger partial charge >= 0.3 is 5.97 Å². The van der Waals surface area contributed by atoms with Gasteiger partial charge in [-0.1, -0.05) is 55.0 Å². The van der Waals surface area contributed by atoms with Crippen LogP contribution in [0.25, 0.3) is 0 Å². The number of hydrogen-bond acceptors (Lipinski definition) is 4. The van der Waals surface area contributed by atoms with Crippen molar-refractivity contribution in [2.24, 2.45) is 0 Å². The number of allylic oxidation sites excluding steroid dienone is 5. The molecule has 142 valence electrons. The summed E-state index contributed by atoms with van der Waals surface area (Å²) in [4.78, 5) is 10.4. The second kappa shape index (κ2) is 17.1. The molecule has 0 aliphatic heterocycles. The predicted octanol–water partition coefficient (Wildman–Crippen LogP) is 3.13. The number of carbonyl (C=O) groups is 1. The van der Waals surface area contributed by atoms with Gasteiger partial charge in [0.05, 0.1) is 12.2 Å². The Morgan fingerprint density at radius 1 is 0.840 bits per heavy atom.